The molecule has 3 rings (SSSR count). The van der Waals surface area contributed by atoms with E-state index >= 15 is 0 Å². The SMILES string of the molecule is CC(=O)Nc1ccc(CCCCc2nnc(C(=O)NCc3cccc(OC(F)(F)F)c3)s2)nn1. The lowest BCUT2D eigenvalue weighted by atomic mass is 10.1. The number of hydrogen-bond acceptors (Lipinski definition) is 8. The van der Waals surface area contributed by atoms with E-state index < -0.39 is 12.3 Å². The summed E-state index contributed by atoms with van der Waals surface area (Å²) in [7, 11) is 0. The Morgan fingerprint density at radius 2 is 1.82 bits per heavy atom. The Morgan fingerprint density at radius 3 is 2.53 bits per heavy atom. The van der Waals surface area contributed by atoms with Gasteiger partial charge in [0.25, 0.3) is 5.91 Å². The van der Waals surface area contributed by atoms with E-state index in [1.54, 1.807) is 18.2 Å². The number of benzene rings is 1. The van der Waals surface area contributed by atoms with Crippen LogP contribution >= 0.6 is 11.3 Å². The number of halogens is 3. The number of aromatic nitrogens is 4. The Morgan fingerprint density at radius 1 is 1.03 bits per heavy atom. The van der Waals surface area contributed by atoms with Crippen LogP contribution in [-0.4, -0.2) is 38.6 Å². The van der Waals surface area contributed by atoms with Crippen molar-refractivity contribution < 1.29 is 27.5 Å². The summed E-state index contributed by atoms with van der Waals surface area (Å²) in [5, 5.41) is 22.0. The molecule has 0 aliphatic carbocycles. The molecule has 1 aromatic carbocycles. The highest BCUT2D eigenvalue weighted by Crippen LogP contribution is 2.23. The first-order valence-electron chi connectivity index (χ1n) is 10.2. The van der Waals surface area contributed by atoms with Gasteiger partial charge in [-0.05, 0) is 49.1 Å². The Hall–Kier alpha value is -3.61. The van der Waals surface area contributed by atoms with Crippen LogP contribution in [0.3, 0.4) is 0 Å². The summed E-state index contributed by atoms with van der Waals surface area (Å²) >= 11 is 1.17. The second-order valence-electron chi connectivity index (χ2n) is 7.18. The van der Waals surface area contributed by atoms with Crippen molar-refractivity contribution in [2.75, 3.05) is 5.32 Å². The van der Waals surface area contributed by atoms with Crippen molar-refractivity contribution in [3.63, 3.8) is 0 Å². The van der Waals surface area contributed by atoms with Crippen LogP contribution in [0.5, 0.6) is 5.75 Å². The van der Waals surface area contributed by atoms with Gasteiger partial charge in [-0.3, -0.25) is 9.59 Å². The number of amides is 2. The predicted molar refractivity (Wildman–Crippen MR) is 117 cm³/mol. The second-order valence-corrected chi connectivity index (χ2v) is 8.24. The van der Waals surface area contributed by atoms with E-state index in [2.05, 4.69) is 35.8 Å². The lowest BCUT2D eigenvalue weighted by Crippen LogP contribution is -2.23. The van der Waals surface area contributed by atoms with Gasteiger partial charge in [0, 0.05) is 19.9 Å². The molecule has 0 bridgehead atoms. The van der Waals surface area contributed by atoms with E-state index in [1.165, 1.54) is 36.5 Å². The Labute approximate surface area is 196 Å². The van der Waals surface area contributed by atoms with E-state index in [0.717, 1.165) is 18.5 Å². The fraction of sp³-hybridized carbons (Fsp3) is 0.333. The maximum atomic E-state index is 12.3. The maximum absolute atomic E-state index is 12.3. The summed E-state index contributed by atoms with van der Waals surface area (Å²) in [6, 6.07) is 8.87. The summed E-state index contributed by atoms with van der Waals surface area (Å²) in [5.74, 6) is -0.623. The number of nitrogens with one attached hydrogen (secondary N) is 2. The summed E-state index contributed by atoms with van der Waals surface area (Å²) in [5.41, 5.74) is 1.25. The third-order valence-corrected chi connectivity index (χ3v) is 5.33. The molecule has 0 fully saturated rings. The van der Waals surface area contributed by atoms with Gasteiger partial charge in [-0.25, -0.2) is 0 Å². The third-order valence-electron chi connectivity index (χ3n) is 4.34. The zero-order chi connectivity index (χ0) is 24.6. The van der Waals surface area contributed by atoms with Gasteiger partial charge < -0.3 is 15.4 Å². The first-order valence-corrected chi connectivity index (χ1v) is 11.0. The normalized spacial score (nSPS) is 11.2. The van der Waals surface area contributed by atoms with Crippen LogP contribution in [0.1, 0.15) is 45.8 Å². The first kappa shape index (κ1) is 25.0. The number of hydrogen-bond donors (Lipinski definition) is 2. The van der Waals surface area contributed by atoms with Crippen LogP contribution in [0.4, 0.5) is 19.0 Å². The molecule has 0 atom stereocenters. The molecule has 2 amide bonds. The van der Waals surface area contributed by atoms with Crippen molar-refractivity contribution >= 4 is 29.0 Å². The summed E-state index contributed by atoms with van der Waals surface area (Å²) in [6.07, 6.45) is -1.81. The van der Waals surface area contributed by atoms with Crippen LogP contribution in [0.25, 0.3) is 0 Å². The molecule has 0 saturated carbocycles. The molecule has 0 unspecified atom stereocenters. The molecule has 0 spiro atoms. The molecule has 0 aliphatic rings. The average Bonchev–Trinajstić information content (AvgIpc) is 3.24. The number of aryl methyl sites for hydroxylation is 2. The highest BCUT2D eigenvalue weighted by atomic mass is 32.1. The summed E-state index contributed by atoms with van der Waals surface area (Å²) in [4.78, 5) is 23.3. The minimum atomic E-state index is -4.78. The van der Waals surface area contributed by atoms with Gasteiger partial charge in [0.2, 0.25) is 10.9 Å². The Balaban J connectivity index is 1.41. The molecule has 34 heavy (non-hydrogen) atoms. The molecule has 2 aromatic heterocycles. The molecule has 2 heterocycles. The summed E-state index contributed by atoms with van der Waals surface area (Å²) < 4.78 is 40.9. The zero-order valence-electron chi connectivity index (χ0n) is 18.1. The van der Waals surface area contributed by atoms with E-state index in [4.69, 9.17) is 0 Å². The molecular weight excluding hydrogens is 473 g/mol. The number of unbranched alkanes of at least 4 members (excludes halogenated alkanes) is 1. The quantitative estimate of drug-likeness (QED) is 0.413. The highest BCUT2D eigenvalue weighted by Gasteiger charge is 2.31. The summed E-state index contributed by atoms with van der Waals surface area (Å²) in [6.45, 7) is 1.42. The van der Waals surface area contributed by atoms with Crippen LogP contribution in [0.2, 0.25) is 0 Å². The lowest BCUT2D eigenvalue weighted by Gasteiger charge is -2.10. The number of carbonyl (C=O) groups excluding carboxylic acids is 2. The van der Waals surface area contributed by atoms with Crippen LogP contribution < -0.4 is 15.4 Å². The number of anilines is 1. The first-order chi connectivity index (χ1) is 16.2. The molecular formula is C21H21F3N6O3S. The van der Waals surface area contributed by atoms with Gasteiger partial charge in [-0.2, -0.15) is 5.10 Å². The molecule has 2 N–H and O–H groups in total. The van der Waals surface area contributed by atoms with Crippen LogP contribution in [0.15, 0.2) is 36.4 Å². The van der Waals surface area contributed by atoms with E-state index in [-0.39, 0.29) is 23.2 Å². The number of nitrogens with zero attached hydrogens (tertiary/aromatic N) is 4. The van der Waals surface area contributed by atoms with Crippen molar-refractivity contribution in [1.82, 2.24) is 25.7 Å². The monoisotopic (exact) mass is 494 g/mol. The van der Waals surface area contributed by atoms with E-state index in [0.29, 0.717) is 29.2 Å². The molecule has 9 nitrogen and oxygen atoms in total. The largest absolute Gasteiger partial charge is 0.573 e. The van der Waals surface area contributed by atoms with Crippen LogP contribution in [-0.2, 0) is 24.2 Å². The van der Waals surface area contributed by atoms with Crippen LogP contribution in [0, 0.1) is 0 Å². The molecule has 0 aliphatic heterocycles. The van der Waals surface area contributed by atoms with Gasteiger partial charge in [0.05, 0.1) is 5.69 Å². The van der Waals surface area contributed by atoms with Gasteiger partial charge in [-0.1, -0.05) is 23.5 Å². The number of rotatable bonds is 10. The third kappa shape index (κ3) is 8.39. The zero-order valence-corrected chi connectivity index (χ0v) is 18.9. The van der Waals surface area contributed by atoms with Gasteiger partial charge in [0.1, 0.15) is 10.8 Å². The van der Waals surface area contributed by atoms with Crippen molar-refractivity contribution in [2.45, 2.75) is 45.5 Å². The fourth-order valence-electron chi connectivity index (χ4n) is 2.88. The predicted octanol–water partition coefficient (Wildman–Crippen LogP) is 3.68. The molecule has 180 valence electrons. The van der Waals surface area contributed by atoms with Crippen molar-refractivity contribution in [3.8, 4) is 5.75 Å². The second kappa shape index (κ2) is 11.5. The smallest absolute Gasteiger partial charge is 0.406 e. The minimum Gasteiger partial charge on any atom is -0.406 e. The van der Waals surface area contributed by atoms with Gasteiger partial charge in [-0.15, -0.1) is 28.5 Å². The minimum absolute atomic E-state index is 0.0184. The Kier molecular flexibility index (Phi) is 8.46. The number of carbonyl (C=O) groups is 2. The average molecular weight is 494 g/mol. The van der Waals surface area contributed by atoms with E-state index in [9.17, 15) is 22.8 Å². The number of ether oxygens (including phenoxy) is 1. The maximum Gasteiger partial charge on any atom is 0.573 e. The molecule has 0 radical (unpaired) electrons. The van der Waals surface area contributed by atoms with E-state index in [1.807, 2.05) is 0 Å². The lowest BCUT2D eigenvalue weighted by molar-refractivity contribution is -0.274. The topological polar surface area (TPSA) is 119 Å². The molecule has 0 saturated heterocycles. The van der Waals surface area contributed by atoms with Crippen molar-refractivity contribution in [2.24, 2.45) is 0 Å². The van der Waals surface area contributed by atoms with Crippen molar-refractivity contribution in [1.29, 1.82) is 0 Å². The number of alkyl halides is 3. The molecule has 3 aromatic rings. The fourth-order valence-corrected chi connectivity index (χ4v) is 3.68. The standard InChI is InChI=1S/C21H21F3N6O3S/c1-13(31)26-17-10-9-15(27-28-17)6-2-3-8-18-29-30-20(34-18)19(32)25-12-14-5-4-7-16(11-14)33-21(22,23)24/h4-5,7,9-11H,2-3,6,8,12H2,1H3,(H,25,32)(H,26,28,31). The van der Waals surface area contributed by atoms with Crippen molar-refractivity contribution in [3.05, 3.63) is 57.7 Å². The van der Waals surface area contributed by atoms with Gasteiger partial charge >= 0.3 is 6.36 Å². The molecule has 13 heteroatoms. The highest BCUT2D eigenvalue weighted by molar-refractivity contribution is 7.13. The van der Waals surface area contributed by atoms with Gasteiger partial charge in [0.15, 0.2) is 5.82 Å². The Bertz CT molecular complexity index is 1120.